The summed E-state index contributed by atoms with van der Waals surface area (Å²) in [4.78, 5) is 12.1. The van der Waals surface area contributed by atoms with Crippen LogP contribution in [0.5, 0.6) is 0 Å². The van der Waals surface area contributed by atoms with Gasteiger partial charge in [-0.05, 0) is 16.7 Å². The van der Waals surface area contributed by atoms with Gasteiger partial charge in [-0.25, -0.2) is 0 Å². The van der Waals surface area contributed by atoms with Gasteiger partial charge in [-0.1, -0.05) is 95.5 Å². The molecule has 3 rings (SSSR count). The van der Waals surface area contributed by atoms with Crippen molar-refractivity contribution in [3.8, 4) is 0 Å². The molecule has 1 amide bonds. The second-order valence-electron chi connectivity index (χ2n) is 5.61. The Hall–Kier alpha value is -2.94. The Kier molecular flexibility index (Phi) is 4.43. The normalized spacial score (nSPS) is 11.1. The second kappa shape index (κ2) is 6.67. The predicted octanol–water partition coefficient (Wildman–Crippen LogP) is 4.71. The summed E-state index contributed by atoms with van der Waals surface area (Å²) in [7, 11) is 0. The quantitative estimate of drug-likeness (QED) is 0.504. The topological polar surface area (TPSA) is 20.3 Å². The van der Waals surface area contributed by atoms with Gasteiger partial charge in [0.25, 0.3) is 0 Å². The SMILES string of the molecule is CC(=O)N(F)C(c1ccccc1)(c1ccccc1)c1ccccc1. The maximum atomic E-state index is 15.4. The van der Waals surface area contributed by atoms with Crippen LogP contribution in [0.15, 0.2) is 91.0 Å². The molecule has 0 saturated heterocycles. The van der Waals surface area contributed by atoms with Crippen molar-refractivity contribution in [2.45, 2.75) is 12.5 Å². The van der Waals surface area contributed by atoms with E-state index in [1.807, 2.05) is 91.0 Å². The van der Waals surface area contributed by atoms with E-state index in [1.165, 1.54) is 6.92 Å². The molecule has 0 bridgehead atoms. The molecule has 3 aromatic rings. The molecule has 0 aromatic heterocycles. The smallest absolute Gasteiger partial charge is 0.248 e. The zero-order valence-corrected chi connectivity index (χ0v) is 13.4. The third-order valence-corrected chi connectivity index (χ3v) is 4.15. The number of hydrogen-bond acceptors (Lipinski definition) is 1. The number of amides is 1. The van der Waals surface area contributed by atoms with E-state index in [1.54, 1.807) is 0 Å². The highest BCUT2D eigenvalue weighted by atomic mass is 19.2. The lowest BCUT2D eigenvalue weighted by molar-refractivity contribution is -0.154. The minimum absolute atomic E-state index is 0.326. The first-order valence-electron chi connectivity index (χ1n) is 7.80. The maximum absolute atomic E-state index is 15.4. The molecular formula is C21H18FNO. The van der Waals surface area contributed by atoms with Gasteiger partial charge in [0.05, 0.1) is 0 Å². The van der Waals surface area contributed by atoms with Crippen LogP contribution in [0.1, 0.15) is 23.6 Å². The minimum Gasteiger partial charge on any atom is -0.273 e. The number of carbonyl (C=O) groups is 1. The van der Waals surface area contributed by atoms with Gasteiger partial charge in [-0.15, -0.1) is 0 Å². The van der Waals surface area contributed by atoms with E-state index < -0.39 is 11.4 Å². The van der Waals surface area contributed by atoms with Crippen LogP contribution in [-0.2, 0) is 10.3 Å². The summed E-state index contributed by atoms with van der Waals surface area (Å²) in [5.41, 5.74) is 0.760. The molecule has 0 spiro atoms. The van der Waals surface area contributed by atoms with Gasteiger partial charge in [0.1, 0.15) is 0 Å². The molecule has 0 heterocycles. The zero-order valence-electron chi connectivity index (χ0n) is 13.4. The Bertz CT molecular complexity index is 706. The Labute approximate surface area is 141 Å². The number of rotatable bonds is 4. The highest BCUT2D eigenvalue weighted by molar-refractivity contribution is 5.75. The lowest BCUT2D eigenvalue weighted by Crippen LogP contribution is -2.45. The van der Waals surface area contributed by atoms with Crippen molar-refractivity contribution in [2.24, 2.45) is 0 Å². The summed E-state index contributed by atoms with van der Waals surface area (Å²) in [5.74, 6) is -0.647. The zero-order chi connectivity index (χ0) is 17.0. The van der Waals surface area contributed by atoms with Crippen LogP contribution in [-0.4, -0.2) is 11.0 Å². The molecule has 0 N–H and O–H groups in total. The fourth-order valence-corrected chi connectivity index (χ4v) is 3.11. The summed E-state index contributed by atoms with van der Waals surface area (Å²) >= 11 is 0. The molecule has 0 saturated carbocycles. The molecule has 0 aliphatic carbocycles. The van der Waals surface area contributed by atoms with E-state index in [2.05, 4.69) is 0 Å². The third kappa shape index (κ3) is 2.58. The van der Waals surface area contributed by atoms with Crippen molar-refractivity contribution in [1.29, 1.82) is 0 Å². The first-order chi connectivity index (χ1) is 11.7. The molecule has 0 atom stereocenters. The third-order valence-electron chi connectivity index (χ3n) is 4.15. The fourth-order valence-electron chi connectivity index (χ4n) is 3.11. The highest BCUT2D eigenvalue weighted by Crippen LogP contribution is 2.42. The van der Waals surface area contributed by atoms with Crippen molar-refractivity contribution in [3.05, 3.63) is 108 Å². The lowest BCUT2D eigenvalue weighted by atomic mass is 9.76. The minimum atomic E-state index is -1.32. The monoisotopic (exact) mass is 319 g/mol. The van der Waals surface area contributed by atoms with Gasteiger partial charge in [0.2, 0.25) is 5.91 Å². The number of benzene rings is 3. The van der Waals surface area contributed by atoms with Crippen LogP contribution < -0.4 is 0 Å². The van der Waals surface area contributed by atoms with Crippen LogP contribution in [0.25, 0.3) is 0 Å². The molecule has 0 unspecified atom stereocenters. The second-order valence-corrected chi connectivity index (χ2v) is 5.61. The number of carbonyl (C=O) groups excluding carboxylic acids is 1. The molecule has 0 aliphatic rings. The molecule has 3 aromatic carbocycles. The maximum Gasteiger partial charge on any atom is 0.248 e. The summed E-state index contributed by atoms with van der Waals surface area (Å²) in [6.07, 6.45) is 0. The summed E-state index contributed by atoms with van der Waals surface area (Å²) in [6, 6.07) is 27.8. The highest BCUT2D eigenvalue weighted by Gasteiger charge is 2.44. The molecule has 3 heteroatoms. The van der Waals surface area contributed by atoms with Crippen LogP contribution in [0.4, 0.5) is 4.48 Å². The van der Waals surface area contributed by atoms with E-state index in [0.29, 0.717) is 21.8 Å². The van der Waals surface area contributed by atoms with Crippen molar-refractivity contribution in [3.63, 3.8) is 0 Å². The summed E-state index contributed by atoms with van der Waals surface area (Å²) in [5, 5.41) is 0.326. The van der Waals surface area contributed by atoms with E-state index in [9.17, 15) is 4.79 Å². The average molecular weight is 319 g/mol. The molecule has 0 radical (unpaired) electrons. The lowest BCUT2D eigenvalue weighted by Gasteiger charge is -2.39. The van der Waals surface area contributed by atoms with E-state index >= 15 is 4.48 Å². The fraction of sp³-hybridized carbons (Fsp3) is 0.0952. The van der Waals surface area contributed by atoms with Crippen molar-refractivity contribution < 1.29 is 9.28 Å². The van der Waals surface area contributed by atoms with E-state index in [-0.39, 0.29) is 0 Å². The van der Waals surface area contributed by atoms with Crippen LogP contribution in [0.2, 0.25) is 0 Å². The standard InChI is InChI=1S/C21H18FNO/c1-17(24)23(22)21(18-11-5-2-6-12-18,19-13-7-3-8-14-19)20-15-9-4-10-16-20/h2-16H,1H3. The van der Waals surface area contributed by atoms with Crippen LogP contribution >= 0.6 is 0 Å². The Morgan fingerprint density at radius 2 is 1.00 bits per heavy atom. The molecule has 0 aliphatic heterocycles. The molecular weight excluding hydrogens is 301 g/mol. The first-order valence-corrected chi connectivity index (χ1v) is 7.80. The van der Waals surface area contributed by atoms with Gasteiger partial charge in [0.15, 0.2) is 5.54 Å². The van der Waals surface area contributed by atoms with Gasteiger partial charge in [-0.2, -0.15) is 5.12 Å². The van der Waals surface area contributed by atoms with E-state index in [4.69, 9.17) is 0 Å². The summed E-state index contributed by atoms with van der Waals surface area (Å²) in [6.45, 7) is 1.24. The number of hydrogen-bond donors (Lipinski definition) is 0. The van der Waals surface area contributed by atoms with Crippen molar-refractivity contribution in [2.75, 3.05) is 0 Å². The molecule has 24 heavy (non-hydrogen) atoms. The largest absolute Gasteiger partial charge is 0.273 e. The van der Waals surface area contributed by atoms with Crippen molar-refractivity contribution in [1.82, 2.24) is 5.12 Å². The van der Waals surface area contributed by atoms with Crippen LogP contribution in [0, 0.1) is 0 Å². The molecule has 0 fully saturated rings. The Morgan fingerprint density at radius 3 is 1.25 bits per heavy atom. The van der Waals surface area contributed by atoms with Gasteiger partial charge >= 0.3 is 0 Å². The number of halogens is 1. The molecule has 120 valence electrons. The van der Waals surface area contributed by atoms with Gasteiger partial charge < -0.3 is 0 Å². The molecule has 2 nitrogen and oxygen atoms in total. The van der Waals surface area contributed by atoms with Gasteiger partial charge in [0, 0.05) is 6.92 Å². The van der Waals surface area contributed by atoms with Crippen molar-refractivity contribution >= 4 is 5.91 Å². The Morgan fingerprint density at radius 1 is 0.708 bits per heavy atom. The van der Waals surface area contributed by atoms with E-state index in [0.717, 1.165) is 0 Å². The first kappa shape index (κ1) is 15.9. The summed E-state index contributed by atoms with van der Waals surface area (Å²) < 4.78 is 15.4. The van der Waals surface area contributed by atoms with Gasteiger partial charge in [-0.3, -0.25) is 4.79 Å². The van der Waals surface area contributed by atoms with Crippen LogP contribution in [0.3, 0.4) is 0 Å². The average Bonchev–Trinajstić information content (AvgIpc) is 2.65. The Balaban J connectivity index is 2.39. The predicted molar refractivity (Wildman–Crippen MR) is 92.8 cm³/mol. The number of nitrogens with zero attached hydrogens (tertiary/aromatic N) is 1.